The molecule has 3 fully saturated rings. The summed E-state index contributed by atoms with van der Waals surface area (Å²) in [7, 11) is 1.87. The number of hydrogen-bond acceptors (Lipinski definition) is 12. The molecule has 2 saturated heterocycles. The van der Waals surface area contributed by atoms with Crippen LogP contribution in [0.4, 0.5) is 11.4 Å². The quantitative estimate of drug-likeness (QED) is 0.149. The highest BCUT2D eigenvalue weighted by molar-refractivity contribution is 7.14. The summed E-state index contributed by atoms with van der Waals surface area (Å²) in [6.07, 6.45) is 11.0. The van der Waals surface area contributed by atoms with Crippen molar-refractivity contribution in [1.82, 2.24) is 40.3 Å². The maximum Gasteiger partial charge on any atom is 0.259 e. The van der Waals surface area contributed by atoms with Gasteiger partial charge in [-0.2, -0.15) is 5.26 Å². The molecular weight excluding hydrogens is 791 g/mol. The summed E-state index contributed by atoms with van der Waals surface area (Å²) < 4.78 is 1.90. The predicted octanol–water partition coefficient (Wildman–Crippen LogP) is 5.83. The van der Waals surface area contributed by atoms with Crippen molar-refractivity contribution in [2.24, 2.45) is 5.92 Å². The Hall–Kier alpha value is -6.57. The van der Waals surface area contributed by atoms with Crippen molar-refractivity contribution in [2.45, 2.75) is 75.9 Å². The monoisotopic (exact) mass is 833 g/mol. The number of rotatable bonds is 9. The number of aromatic nitrogens is 5. The zero-order valence-electron chi connectivity index (χ0n) is 33.6. The fraction of sp³-hybridized carbons (Fsp3) is 0.356. The van der Waals surface area contributed by atoms with E-state index in [1.807, 2.05) is 72.5 Å². The highest BCUT2D eigenvalue weighted by atomic mass is 32.1. The number of benzene rings is 2. The molecule has 61 heavy (non-hydrogen) atoms. The van der Waals surface area contributed by atoms with E-state index in [2.05, 4.69) is 42.1 Å². The van der Waals surface area contributed by atoms with E-state index in [9.17, 15) is 24.4 Å². The Labute approximate surface area is 355 Å². The van der Waals surface area contributed by atoms with Crippen LogP contribution < -0.4 is 20.9 Å². The standard InChI is InChI=1S/C45H43N11O4S/c1-47-34-20-37(55-18-15-28-19-25(21-46)22-49-40(28)55)48-23-33(34)44-53-52-43(61-44)27-5-8-30(9-6-27)50-41(58)26-13-16-54(17-14-26)24-29-7-10-35-39-31(29)3-2-4-32(39)45(60)56(35)36-11-12-38(57)51-42(36)59/h2-4,7,10,15,18-20,22-23,26-27,30,36H,5-6,8-9,11-14,16-17,24H2,1H3,(H,47,48)(H,50,58)(H,51,57,59)/t27-,30-,36?. The first kappa shape index (κ1) is 38.6. The van der Waals surface area contributed by atoms with Crippen molar-refractivity contribution in [3.63, 3.8) is 0 Å². The maximum absolute atomic E-state index is 13.6. The zero-order chi connectivity index (χ0) is 41.8. The molecule has 16 heteroatoms. The Morgan fingerprint density at radius 3 is 2.57 bits per heavy atom. The number of carbonyl (C=O) groups excluding carboxylic acids is 4. The van der Waals surface area contributed by atoms with Gasteiger partial charge in [-0.3, -0.25) is 38.9 Å². The van der Waals surface area contributed by atoms with Crippen LogP contribution in [0, 0.1) is 17.2 Å². The molecule has 1 saturated carbocycles. The maximum atomic E-state index is 13.6. The first-order valence-electron chi connectivity index (χ1n) is 20.9. The van der Waals surface area contributed by atoms with E-state index in [0.717, 1.165) is 100 Å². The molecule has 4 aliphatic rings. The Bertz CT molecular complexity index is 2790. The number of likely N-dealkylation sites (tertiary alicyclic amines) is 1. The minimum Gasteiger partial charge on any atom is -0.387 e. The number of piperidine rings is 2. The normalized spacial score (nSPS) is 20.9. The van der Waals surface area contributed by atoms with Crippen LogP contribution in [-0.2, 0) is 20.9 Å². The Balaban J connectivity index is 0.726. The summed E-state index contributed by atoms with van der Waals surface area (Å²) in [4.78, 5) is 64.8. The van der Waals surface area contributed by atoms with Crippen molar-refractivity contribution in [3.05, 3.63) is 88.8 Å². The first-order valence-corrected chi connectivity index (χ1v) is 21.7. The molecule has 1 aliphatic carbocycles. The average molecular weight is 834 g/mol. The number of carbonyl (C=O) groups is 4. The van der Waals surface area contributed by atoms with Crippen LogP contribution in [0.5, 0.6) is 0 Å². The lowest BCUT2D eigenvalue weighted by Crippen LogP contribution is -2.53. The SMILES string of the molecule is CNc1cc(-n2ccc3cc(C#N)cnc32)ncc1-c1nnc([C@H]2CC[C@H](NC(=O)C3CCN(Cc4ccc5c6c(cccc46)C(=O)N5C4CCC(=O)NC4=O)CC3)CC2)s1. The third kappa shape index (κ3) is 7.07. The van der Waals surface area contributed by atoms with E-state index in [-0.39, 0.29) is 42.0 Å². The van der Waals surface area contributed by atoms with E-state index < -0.39 is 11.9 Å². The summed E-state index contributed by atoms with van der Waals surface area (Å²) in [5.74, 6) is 0.150. The van der Waals surface area contributed by atoms with Crippen LogP contribution in [0.25, 0.3) is 38.2 Å². The van der Waals surface area contributed by atoms with Crippen molar-refractivity contribution < 1.29 is 19.2 Å². The van der Waals surface area contributed by atoms with Gasteiger partial charge in [0.05, 0.1) is 16.8 Å². The Kier molecular flexibility index (Phi) is 10.0. The van der Waals surface area contributed by atoms with E-state index >= 15 is 0 Å². The van der Waals surface area contributed by atoms with Gasteiger partial charge in [0.15, 0.2) is 5.01 Å². The molecule has 3 aliphatic heterocycles. The highest BCUT2D eigenvalue weighted by Crippen LogP contribution is 2.42. The van der Waals surface area contributed by atoms with Gasteiger partial charge in [-0.1, -0.05) is 29.5 Å². The molecule has 6 aromatic rings. The highest BCUT2D eigenvalue weighted by Gasteiger charge is 2.41. The number of amides is 4. The number of nitrogens with one attached hydrogen (secondary N) is 3. The minimum atomic E-state index is -0.713. The number of fused-ring (bicyclic) bond motifs is 1. The predicted molar refractivity (Wildman–Crippen MR) is 230 cm³/mol. The second-order valence-electron chi connectivity index (χ2n) is 16.4. The molecule has 7 heterocycles. The van der Waals surface area contributed by atoms with Gasteiger partial charge >= 0.3 is 0 Å². The number of imide groups is 1. The molecule has 1 atom stereocenters. The molecule has 2 aromatic carbocycles. The smallest absolute Gasteiger partial charge is 0.259 e. The largest absolute Gasteiger partial charge is 0.387 e. The van der Waals surface area contributed by atoms with Gasteiger partial charge in [0.25, 0.3) is 5.91 Å². The molecular formula is C45H43N11O4S. The van der Waals surface area contributed by atoms with Crippen molar-refractivity contribution in [3.8, 4) is 22.5 Å². The Morgan fingerprint density at radius 2 is 1.79 bits per heavy atom. The molecule has 1 unspecified atom stereocenters. The second kappa shape index (κ2) is 15.8. The second-order valence-corrected chi connectivity index (χ2v) is 17.4. The lowest BCUT2D eigenvalue weighted by atomic mass is 9.86. The molecule has 10 rings (SSSR count). The van der Waals surface area contributed by atoms with Crippen molar-refractivity contribution in [1.29, 1.82) is 5.26 Å². The van der Waals surface area contributed by atoms with Gasteiger partial charge in [0.1, 0.15) is 28.6 Å². The van der Waals surface area contributed by atoms with Crippen molar-refractivity contribution >= 4 is 68.1 Å². The molecule has 0 bridgehead atoms. The molecule has 3 N–H and O–H groups in total. The molecule has 0 spiro atoms. The Morgan fingerprint density at radius 1 is 0.951 bits per heavy atom. The summed E-state index contributed by atoms with van der Waals surface area (Å²) in [6.45, 7) is 2.30. The van der Waals surface area contributed by atoms with E-state index in [1.165, 1.54) is 0 Å². The first-order chi connectivity index (χ1) is 29.8. The van der Waals surface area contributed by atoms with Crippen LogP contribution in [0.1, 0.15) is 83.8 Å². The van der Waals surface area contributed by atoms with Crippen LogP contribution >= 0.6 is 11.3 Å². The minimum absolute atomic E-state index is 0.0301. The van der Waals surface area contributed by atoms with E-state index in [4.69, 9.17) is 4.98 Å². The average Bonchev–Trinajstić information content (AvgIpc) is 4.02. The van der Waals surface area contributed by atoms with Gasteiger partial charge in [-0.25, -0.2) is 9.97 Å². The molecule has 15 nitrogen and oxygen atoms in total. The number of hydrogen-bond donors (Lipinski definition) is 3. The van der Waals surface area contributed by atoms with Gasteiger partial charge < -0.3 is 10.6 Å². The number of pyridine rings is 2. The molecule has 308 valence electrons. The summed E-state index contributed by atoms with van der Waals surface area (Å²) >= 11 is 1.60. The number of nitriles is 1. The fourth-order valence-electron chi connectivity index (χ4n) is 9.57. The summed E-state index contributed by atoms with van der Waals surface area (Å²) in [5.41, 5.74) is 5.39. The lowest BCUT2D eigenvalue weighted by molar-refractivity contribution is -0.134. The summed E-state index contributed by atoms with van der Waals surface area (Å²) in [5, 5.41) is 32.0. The van der Waals surface area contributed by atoms with E-state index in [1.54, 1.807) is 22.4 Å². The van der Waals surface area contributed by atoms with Crippen LogP contribution in [0.2, 0.25) is 0 Å². The number of anilines is 2. The zero-order valence-corrected chi connectivity index (χ0v) is 34.4. The third-order valence-corrected chi connectivity index (χ3v) is 14.0. The van der Waals surface area contributed by atoms with Gasteiger partial charge in [0.2, 0.25) is 17.7 Å². The topological polar surface area (TPSA) is 191 Å². The van der Waals surface area contributed by atoms with Crippen LogP contribution in [0.15, 0.2) is 67.1 Å². The van der Waals surface area contributed by atoms with E-state index in [0.29, 0.717) is 35.6 Å². The lowest BCUT2D eigenvalue weighted by Gasteiger charge is -2.34. The molecule has 4 amide bonds. The fourth-order valence-corrected chi connectivity index (χ4v) is 10.6. The number of nitrogens with zero attached hydrogens (tertiary/aromatic N) is 8. The summed E-state index contributed by atoms with van der Waals surface area (Å²) in [6, 6.07) is 17.0. The van der Waals surface area contributed by atoms with Crippen LogP contribution in [0.3, 0.4) is 0 Å². The van der Waals surface area contributed by atoms with Gasteiger partial charge in [0, 0.05) is 84.6 Å². The molecule has 0 radical (unpaired) electrons. The van der Waals surface area contributed by atoms with Crippen molar-refractivity contribution in [2.75, 3.05) is 30.4 Å². The molecule has 4 aromatic heterocycles. The third-order valence-electron chi connectivity index (χ3n) is 12.8. The van der Waals surface area contributed by atoms with Gasteiger partial charge in [-0.05, 0) is 93.3 Å². The van der Waals surface area contributed by atoms with Gasteiger partial charge in [-0.15, -0.1) is 10.2 Å². The van der Waals surface area contributed by atoms with Crippen LogP contribution in [-0.4, -0.2) is 85.5 Å².